The van der Waals surface area contributed by atoms with E-state index in [9.17, 15) is 23.6 Å². The van der Waals surface area contributed by atoms with Gasteiger partial charge < -0.3 is 5.11 Å². The second-order valence-electron chi connectivity index (χ2n) is 4.33. The Bertz CT molecular complexity index is 793. The highest BCUT2D eigenvalue weighted by Gasteiger charge is 2.25. The number of nitro benzene ring substituents is 1. The largest absolute Gasteiger partial charge is 0.508 e. The van der Waals surface area contributed by atoms with Crippen molar-refractivity contribution < 1.29 is 18.4 Å². The quantitative estimate of drug-likeness (QED) is 0.443. The molecule has 1 aromatic carbocycles. The van der Waals surface area contributed by atoms with Gasteiger partial charge in [0.1, 0.15) is 16.3 Å². The summed E-state index contributed by atoms with van der Waals surface area (Å²) in [5.74, 6) is -0.333. The number of aromatic nitrogens is 2. The van der Waals surface area contributed by atoms with Crippen molar-refractivity contribution >= 4 is 21.4 Å². The van der Waals surface area contributed by atoms with Gasteiger partial charge in [-0.2, -0.15) is 5.10 Å². The molecule has 0 unspecified atom stereocenters. The number of rotatable bonds is 4. The molecule has 0 spiro atoms. The molecule has 0 saturated carbocycles. The summed E-state index contributed by atoms with van der Waals surface area (Å²) in [4.78, 5) is 10.1. The minimum absolute atomic E-state index is 0.0649. The number of nitrogens with zero attached hydrogens (tertiary/aromatic N) is 2. The number of phenols is 1. The lowest BCUT2D eigenvalue weighted by Crippen LogP contribution is -2.15. The minimum Gasteiger partial charge on any atom is -0.508 e. The second kappa shape index (κ2) is 5.05. The van der Waals surface area contributed by atoms with Crippen LogP contribution in [0, 0.1) is 24.0 Å². The number of aromatic hydroxyl groups is 1. The van der Waals surface area contributed by atoms with Crippen LogP contribution in [0.3, 0.4) is 0 Å². The van der Waals surface area contributed by atoms with Crippen LogP contribution in [0.25, 0.3) is 0 Å². The van der Waals surface area contributed by atoms with Crippen molar-refractivity contribution in [2.75, 3.05) is 4.72 Å². The Balaban J connectivity index is 2.50. The molecule has 2 rings (SSSR count). The van der Waals surface area contributed by atoms with Crippen LogP contribution in [0.1, 0.15) is 11.4 Å². The lowest BCUT2D eigenvalue weighted by atomic mass is 10.2. The maximum Gasteiger partial charge on any atom is 0.297 e. The first-order valence-electron chi connectivity index (χ1n) is 5.74. The number of nitro groups is 1. The summed E-state index contributed by atoms with van der Waals surface area (Å²) in [6, 6.07) is 3.14. The molecule has 0 aliphatic rings. The van der Waals surface area contributed by atoms with Crippen LogP contribution in [-0.4, -0.2) is 28.6 Å². The molecule has 1 heterocycles. The molecule has 21 heavy (non-hydrogen) atoms. The molecule has 9 nitrogen and oxygen atoms in total. The van der Waals surface area contributed by atoms with E-state index in [2.05, 4.69) is 14.9 Å². The molecule has 0 aliphatic carbocycles. The summed E-state index contributed by atoms with van der Waals surface area (Å²) in [7, 11) is -4.03. The Morgan fingerprint density at radius 1 is 1.38 bits per heavy atom. The van der Waals surface area contributed by atoms with E-state index in [0.717, 1.165) is 18.2 Å². The zero-order valence-electron chi connectivity index (χ0n) is 11.1. The molecule has 112 valence electrons. The first-order chi connectivity index (χ1) is 9.72. The summed E-state index contributed by atoms with van der Waals surface area (Å²) >= 11 is 0. The number of phenolic OH excluding ortho intramolecular Hbond substituents is 1. The SMILES string of the molecule is Cc1n[nH]c(C)c1S(=O)(=O)Nc1ccc(O)cc1[N+](=O)[O-]. The third-order valence-electron chi connectivity index (χ3n) is 2.75. The molecule has 0 atom stereocenters. The van der Waals surface area contributed by atoms with Gasteiger partial charge in [0.05, 0.1) is 22.4 Å². The predicted octanol–water partition coefficient (Wildman–Crippen LogP) is 1.44. The lowest BCUT2D eigenvalue weighted by molar-refractivity contribution is -0.384. The highest BCUT2D eigenvalue weighted by atomic mass is 32.2. The number of aromatic amines is 1. The number of benzene rings is 1. The monoisotopic (exact) mass is 312 g/mol. The van der Waals surface area contributed by atoms with Gasteiger partial charge in [0.15, 0.2) is 0 Å². The maximum atomic E-state index is 12.3. The van der Waals surface area contributed by atoms with E-state index in [-0.39, 0.29) is 22.0 Å². The molecule has 1 aromatic heterocycles. The number of nitrogens with one attached hydrogen (secondary N) is 2. The summed E-state index contributed by atoms with van der Waals surface area (Å²) < 4.78 is 26.8. The van der Waals surface area contributed by atoms with Crippen LogP contribution < -0.4 is 4.72 Å². The number of hydrogen-bond donors (Lipinski definition) is 3. The van der Waals surface area contributed by atoms with Crippen LogP contribution in [0.2, 0.25) is 0 Å². The van der Waals surface area contributed by atoms with Crippen molar-refractivity contribution in [1.29, 1.82) is 0 Å². The Kier molecular flexibility index (Phi) is 3.56. The van der Waals surface area contributed by atoms with E-state index in [0.29, 0.717) is 5.69 Å². The Morgan fingerprint density at radius 2 is 2.05 bits per heavy atom. The minimum atomic E-state index is -4.03. The lowest BCUT2D eigenvalue weighted by Gasteiger charge is -2.08. The van der Waals surface area contributed by atoms with Crippen LogP contribution in [0.5, 0.6) is 5.75 Å². The van der Waals surface area contributed by atoms with Crippen LogP contribution >= 0.6 is 0 Å². The highest BCUT2D eigenvalue weighted by Crippen LogP contribution is 2.31. The average Bonchev–Trinajstić information content (AvgIpc) is 2.71. The van der Waals surface area contributed by atoms with Gasteiger partial charge in [-0.05, 0) is 26.0 Å². The molecule has 0 saturated heterocycles. The molecule has 10 heteroatoms. The fraction of sp³-hybridized carbons (Fsp3) is 0.182. The number of anilines is 1. The van der Waals surface area contributed by atoms with Gasteiger partial charge >= 0.3 is 0 Å². The van der Waals surface area contributed by atoms with Crippen molar-refractivity contribution in [2.45, 2.75) is 18.7 Å². The van der Waals surface area contributed by atoms with Crippen molar-refractivity contribution in [2.24, 2.45) is 0 Å². The van der Waals surface area contributed by atoms with Crippen LogP contribution in [-0.2, 0) is 10.0 Å². The van der Waals surface area contributed by atoms with Gasteiger partial charge in [-0.15, -0.1) is 0 Å². The number of H-pyrrole nitrogens is 1. The van der Waals surface area contributed by atoms with E-state index >= 15 is 0 Å². The zero-order chi connectivity index (χ0) is 15.8. The van der Waals surface area contributed by atoms with Gasteiger partial charge in [-0.25, -0.2) is 8.42 Å². The summed E-state index contributed by atoms with van der Waals surface area (Å²) in [5, 5.41) is 26.5. The van der Waals surface area contributed by atoms with Crippen LogP contribution in [0.15, 0.2) is 23.1 Å². The molecule has 0 bridgehead atoms. The van der Waals surface area contributed by atoms with E-state index in [1.165, 1.54) is 13.8 Å². The molecule has 2 aromatic rings. The summed E-state index contributed by atoms with van der Waals surface area (Å²) in [6.07, 6.45) is 0. The van der Waals surface area contributed by atoms with Gasteiger partial charge in [0, 0.05) is 0 Å². The van der Waals surface area contributed by atoms with E-state index in [4.69, 9.17) is 0 Å². The predicted molar refractivity (Wildman–Crippen MR) is 73.6 cm³/mol. The Labute approximate surface area is 119 Å². The molecule has 0 radical (unpaired) electrons. The summed E-state index contributed by atoms with van der Waals surface area (Å²) in [5.41, 5.74) is -0.210. The van der Waals surface area contributed by atoms with E-state index in [1.807, 2.05) is 0 Å². The number of hydrogen-bond acceptors (Lipinski definition) is 6. The fourth-order valence-corrected chi connectivity index (χ4v) is 3.34. The van der Waals surface area contributed by atoms with Crippen LogP contribution in [0.4, 0.5) is 11.4 Å². The Hall–Kier alpha value is -2.62. The van der Waals surface area contributed by atoms with Crippen molar-refractivity contribution in [3.05, 3.63) is 39.7 Å². The smallest absolute Gasteiger partial charge is 0.297 e. The van der Waals surface area contributed by atoms with Crippen molar-refractivity contribution in [1.82, 2.24) is 10.2 Å². The third-order valence-corrected chi connectivity index (χ3v) is 4.38. The van der Waals surface area contributed by atoms with E-state index < -0.39 is 20.6 Å². The third kappa shape index (κ3) is 2.79. The average molecular weight is 312 g/mol. The zero-order valence-corrected chi connectivity index (χ0v) is 11.9. The van der Waals surface area contributed by atoms with Gasteiger partial charge in [0.25, 0.3) is 15.7 Å². The van der Waals surface area contributed by atoms with Crippen molar-refractivity contribution in [3.63, 3.8) is 0 Å². The molecule has 0 fully saturated rings. The topological polar surface area (TPSA) is 138 Å². The van der Waals surface area contributed by atoms with Gasteiger partial charge in [-0.3, -0.25) is 19.9 Å². The van der Waals surface area contributed by atoms with Gasteiger partial charge in [-0.1, -0.05) is 0 Å². The normalized spacial score (nSPS) is 11.3. The van der Waals surface area contributed by atoms with E-state index in [1.54, 1.807) is 0 Å². The first kappa shape index (κ1) is 14.8. The molecule has 0 amide bonds. The number of sulfonamides is 1. The van der Waals surface area contributed by atoms with Gasteiger partial charge in [0.2, 0.25) is 0 Å². The first-order valence-corrected chi connectivity index (χ1v) is 7.22. The Morgan fingerprint density at radius 3 is 2.57 bits per heavy atom. The maximum absolute atomic E-state index is 12.3. The highest BCUT2D eigenvalue weighted by molar-refractivity contribution is 7.92. The molecular formula is C11H12N4O5S. The molecular weight excluding hydrogens is 300 g/mol. The van der Waals surface area contributed by atoms with Crippen molar-refractivity contribution in [3.8, 4) is 5.75 Å². The number of aryl methyl sites for hydroxylation is 2. The molecule has 0 aliphatic heterocycles. The fourth-order valence-electron chi connectivity index (χ4n) is 1.89. The standard InChI is InChI=1S/C11H12N4O5S/c1-6-11(7(2)13-12-6)21(19,20)14-9-4-3-8(16)5-10(9)15(17)18/h3-5,14,16H,1-2H3,(H,12,13). The summed E-state index contributed by atoms with van der Waals surface area (Å²) in [6.45, 7) is 3.03. The molecule has 3 N–H and O–H groups in total. The second-order valence-corrected chi connectivity index (χ2v) is 5.95.